The molecule has 0 saturated carbocycles. The van der Waals surface area contributed by atoms with Crippen molar-refractivity contribution < 1.29 is 4.79 Å². The van der Waals surface area contributed by atoms with E-state index in [9.17, 15) is 4.79 Å². The van der Waals surface area contributed by atoms with Crippen LogP contribution in [0.5, 0.6) is 0 Å². The van der Waals surface area contributed by atoms with Crippen LogP contribution < -0.4 is 5.73 Å². The van der Waals surface area contributed by atoms with E-state index in [4.69, 9.17) is 18.0 Å². The minimum Gasteiger partial charge on any atom is -0.393 e. The average molecular weight is 427 g/mol. The van der Waals surface area contributed by atoms with E-state index in [1.54, 1.807) is 11.9 Å². The highest BCUT2D eigenvalue weighted by atomic mass is 127. The monoisotopic (exact) mass is 426 g/mol. The van der Waals surface area contributed by atoms with Gasteiger partial charge in [0.25, 0.3) is 5.91 Å². The van der Waals surface area contributed by atoms with Crippen LogP contribution in [0.3, 0.4) is 0 Å². The first kappa shape index (κ1) is 14.8. The van der Waals surface area contributed by atoms with Crippen LogP contribution in [-0.2, 0) is 0 Å². The van der Waals surface area contributed by atoms with Crippen LogP contribution >= 0.6 is 50.7 Å². The van der Waals surface area contributed by atoms with E-state index in [2.05, 4.69) is 38.5 Å². The van der Waals surface area contributed by atoms with Crippen molar-refractivity contribution in [2.45, 2.75) is 6.42 Å². The fourth-order valence-corrected chi connectivity index (χ4v) is 2.25. The highest BCUT2D eigenvalue weighted by molar-refractivity contribution is 14.1. The Morgan fingerprint density at radius 2 is 2.24 bits per heavy atom. The lowest BCUT2D eigenvalue weighted by Crippen LogP contribution is -2.30. The Bertz CT molecular complexity index is 453. The Balaban J connectivity index is 2.81. The first-order valence-electron chi connectivity index (χ1n) is 4.90. The first-order chi connectivity index (χ1) is 7.91. The van der Waals surface area contributed by atoms with E-state index in [-0.39, 0.29) is 5.91 Å². The summed E-state index contributed by atoms with van der Waals surface area (Å²) in [4.78, 5) is 14.2. The topological polar surface area (TPSA) is 46.3 Å². The molecule has 0 aliphatic rings. The Hall–Kier alpha value is -0.210. The highest BCUT2D eigenvalue weighted by Gasteiger charge is 2.15. The van der Waals surface area contributed by atoms with Gasteiger partial charge in [-0.05, 0) is 56.7 Å². The van der Waals surface area contributed by atoms with Crippen LogP contribution in [0.1, 0.15) is 16.8 Å². The third-order valence-corrected chi connectivity index (χ3v) is 3.77. The van der Waals surface area contributed by atoms with Crippen LogP contribution in [-0.4, -0.2) is 29.4 Å². The molecule has 0 bridgehead atoms. The molecule has 0 aliphatic carbocycles. The molecule has 1 rings (SSSR count). The van der Waals surface area contributed by atoms with Gasteiger partial charge in [-0.25, -0.2) is 0 Å². The van der Waals surface area contributed by atoms with Gasteiger partial charge < -0.3 is 10.6 Å². The van der Waals surface area contributed by atoms with Crippen molar-refractivity contribution in [1.82, 2.24) is 4.90 Å². The van der Waals surface area contributed by atoms with E-state index in [1.807, 2.05) is 18.2 Å². The number of carbonyl (C=O) groups excluding carboxylic acids is 1. The summed E-state index contributed by atoms with van der Waals surface area (Å²) in [7, 11) is 1.74. The number of thiocarbonyl (C=S) groups is 1. The maximum absolute atomic E-state index is 12.1. The lowest BCUT2D eigenvalue weighted by atomic mass is 10.2. The van der Waals surface area contributed by atoms with Gasteiger partial charge in [0.05, 0.1) is 10.6 Å². The van der Waals surface area contributed by atoms with Crippen molar-refractivity contribution >= 4 is 61.6 Å². The van der Waals surface area contributed by atoms with Crippen LogP contribution in [0.15, 0.2) is 22.7 Å². The summed E-state index contributed by atoms with van der Waals surface area (Å²) in [6.07, 6.45) is 0.541. The van der Waals surface area contributed by atoms with Gasteiger partial charge in [0.15, 0.2) is 0 Å². The quantitative estimate of drug-likeness (QED) is 0.594. The lowest BCUT2D eigenvalue weighted by Gasteiger charge is -2.17. The molecule has 3 nitrogen and oxygen atoms in total. The van der Waals surface area contributed by atoms with Gasteiger partial charge in [0.1, 0.15) is 0 Å². The zero-order chi connectivity index (χ0) is 13.0. The molecule has 0 heterocycles. The smallest absolute Gasteiger partial charge is 0.254 e. The molecule has 0 saturated heterocycles. The Labute approximate surface area is 128 Å². The summed E-state index contributed by atoms with van der Waals surface area (Å²) in [5, 5.41) is 0. The third kappa shape index (κ3) is 4.51. The van der Waals surface area contributed by atoms with Crippen molar-refractivity contribution in [3.05, 3.63) is 31.8 Å². The Morgan fingerprint density at radius 1 is 1.59 bits per heavy atom. The predicted molar refractivity (Wildman–Crippen MR) is 85.2 cm³/mol. The van der Waals surface area contributed by atoms with E-state index >= 15 is 0 Å². The molecule has 0 radical (unpaired) electrons. The molecule has 0 aliphatic heterocycles. The summed E-state index contributed by atoms with van der Waals surface area (Å²) in [5.41, 5.74) is 6.07. The summed E-state index contributed by atoms with van der Waals surface area (Å²) >= 11 is 10.3. The molecule has 0 atom stereocenters. The number of nitrogens with zero attached hydrogens (tertiary/aromatic N) is 1. The van der Waals surface area contributed by atoms with E-state index < -0.39 is 0 Å². The van der Waals surface area contributed by atoms with Crippen molar-refractivity contribution in [3.8, 4) is 0 Å². The number of rotatable bonds is 4. The van der Waals surface area contributed by atoms with Crippen LogP contribution in [0.2, 0.25) is 0 Å². The average Bonchev–Trinajstić information content (AvgIpc) is 2.28. The van der Waals surface area contributed by atoms with Gasteiger partial charge in [-0.2, -0.15) is 0 Å². The van der Waals surface area contributed by atoms with Gasteiger partial charge in [0.2, 0.25) is 0 Å². The van der Waals surface area contributed by atoms with E-state index in [0.29, 0.717) is 23.5 Å². The Kier molecular flexibility index (Phi) is 5.81. The van der Waals surface area contributed by atoms with Gasteiger partial charge >= 0.3 is 0 Å². The maximum Gasteiger partial charge on any atom is 0.254 e. The number of hydrogen-bond donors (Lipinski definition) is 1. The number of benzene rings is 1. The van der Waals surface area contributed by atoms with E-state index in [0.717, 1.165) is 8.04 Å². The Morgan fingerprint density at radius 3 is 2.82 bits per heavy atom. The molecule has 0 aromatic heterocycles. The summed E-state index contributed by atoms with van der Waals surface area (Å²) in [6.45, 7) is 0.534. The number of carbonyl (C=O) groups is 1. The first-order valence-corrected chi connectivity index (χ1v) is 7.18. The standard InChI is InChI=1S/C11H12BrIN2OS/c1-15(5-4-10(14)17)11(16)8-6-7(13)2-3-9(8)12/h2-3,6H,4-5H2,1H3,(H2,14,17). The minimum absolute atomic E-state index is 0.0355. The molecule has 92 valence electrons. The normalized spacial score (nSPS) is 10.1. The lowest BCUT2D eigenvalue weighted by molar-refractivity contribution is 0.0798. The molecule has 1 aromatic rings. The van der Waals surface area contributed by atoms with Gasteiger partial charge in [0, 0.05) is 28.1 Å². The number of amides is 1. The second-order valence-electron chi connectivity index (χ2n) is 3.57. The largest absolute Gasteiger partial charge is 0.393 e. The second kappa shape index (κ2) is 6.65. The second-order valence-corrected chi connectivity index (χ2v) is 6.19. The van der Waals surface area contributed by atoms with Gasteiger partial charge in [-0.15, -0.1) is 0 Å². The molecular weight excluding hydrogens is 415 g/mol. The summed E-state index contributed by atoms with van der Waals surface area (Å²) in [6, 6.07) is 5.66. The molecule has 0 fully saturated rings. The molecular formula is C11H12BrIN2OS. The molecule has 2 N–H and O–H groups in total. The van der Waals surface area contributed by atoms with Crippen molar-refractivity contribution in [3.63, 3.8) is 0 Å². The van der Waals surface area contributed by atoms with Crippen LogP contribution in [0.4, 0.5) is 0 Å². The molecule has 17 heavy (non-hydrogen) atoms. The summed E-state index contributed by atoms with van der Waals surface area (Å²) in [5.74, 6) is -0.0355. The zero-order valence-corrected chi connectivity index (χ0v) is 13.8. The molecule has 6 heteroatoms. The van der Waals surface area contributed by atoms with E-state index in [1.165, 1.54) is 0 Å². The molecule has 0 unspecified atom stereocenters. The SMILES string of the molecule is CN(CCC(N)=S)C(=O)c1cc(I)ccc1Br. The fourth-order valence-electron chi connectivity index (χ4n) is 1.25. The van der Waals surface area contributed by atoms with Crippen LogP contribution in [0.25, 0.3) is 0 Å². The maximum atomic E-state index is 12.1. The van der Waals surface area contributed by atoms with Crippen molar-refractivity contribution in [1.29, 1.82) is 0 Å². The fraction of sp³-hybridized carbons (Fsp3) is 0.273. The molecule has 1 amide bonds. The summed E-state index contributed by atoms with van der Waals surface area (Å²) < 4.78 is 1.82. The van der Waals surface area contributed by atoms with Gasteiger partial charge in [-0.1, -0.05) is 12.2 Å². The number of halogens is 2. The van der Waals surface area contributed by atoms with Crippen molar-refractivity contribution in [2.24, 2.45) is 5.73 Å². The van der Waals surface area contributed by atoms with Crippen LogP contribution in [0, 0.1) is 3.57 Å². The molecule has 0 spiro atoms. The third-order valence-electron chi connectivity index (χ3n) is 2.20. The van der Waals surface area contributed by atoms with Crippen molar-refractivity contribution in [2.75, 3.05) is 13.6 Å². The molecule has 1 aromatic carbocycles. The highest BCUT2D eigenvalue weighted by Crippen LogP contribution is 2.20. The number of hydrogen-bond acceptors (Lipinski definition) is 2. The predicted octanol–water partition coefficient (Wildman–Crippen LogP) is 2.80. The zero-order valence-electron chi connectivity index (χ0n) is 9.24. The minimum atomic E-state index is -0.0355. The number of nitrogens with two attached hydrogens (primary N) is 1. The van der Waals surface area contributed by atoms with Gasteiger partial charge in [-0.3, -0.25) is 4.79 Å².